The molecule has 0 bridgehead atoms. The average molecular weight is 424 g/mol. The van der Waals surface area contributed by atoms with Crippen molar-refractivity contribution in [3.05, 3.63) is 52.5 Å². The van der Waals surface area contributed by atoms with Gasteiger partial charge in [-0.3, -0.25) is 9.59 Å². The van der Waals surface area contributed by atoms with Crippen molar-refractivity contribution in [2.24, 2.45) is 5.92 Å². The minimum Gasteiger partial charge on any atom is -0.496 e. The van der Waals surface area contributed by atoms with Crippen LogP contribution in [0.1, 0.15) is 35.2 Å². The first-order valence-corrected chi connectivity index (χ1v) is 9.16. The van der Waals surface area contributed by atoms with E-state index in [1.165, 1.54) is 19.2 Å². The van der Waals surface area contributed by atoms with Crippen LogP contribution in [-0.4, -0.2) is 18.9 Å². The van der Waals surface area contributed by atoms with Crippen molar-refractivity contribution in [3.63, 3.8) is 0 Å². The molecule has 3 rings (SSSR count). The van der Waals surface area contributed by atoms with Crippen LogP contribution in [0.5, 0.6) is 5.75 Å². The van der Waals surface area contributed by atoms with Gasteiger partial charge in [0, 0.05) is 24.2 Å². The molecule has 150 valence electrons. The summed E-state index contributed by atoms with van der Waals surface area (Å²) in [5.41, 5.74) is 8.00. The van der Waals surface area contributed by atoms with Crippen molar-refractivity contribution < 1.29 is 14.3 Å². The van der Waals surface area contributed by atoms with Gasteiger partial charge in [0.2, 0.25) is 5.91 Å². The van der Waals surface area contributed by atoms with Gasteiger partial charge >= 0.3 is 0 Å². The summed E-state index contributed by atoms with van der Waals surface area (Å²) in [5, 5.41) is 6.06. The highest BCUT2D eigenvalue weighted by molar-refractivity contribution is 6.33. The van der Waals surface area contributed by atoms with Crippen LogP contribution < -0.4 is 21.1 Å². The van der Waals surface area contributed by atoms with E-state index in [-0.39, 0.29) is 30.1 Å². The summed E-state index contributed by atoms with van der Waals surface area (Å²) in [6.07, 6.45) is 3.02. The van der Waals surface area contributed by atoms with Gasteiger partial charge in [-0.05, 0) is 36.6 Å². The van der Waals surface area contributed by atoms with Crippen molar-refractivity contribution in [3.8, 4) is 5.75 Å². The number of anilines is 2. The Hall–Kier alpha value is -2.44. The maximum Gasteiger partial charge on any atom is 0.255 e. The Morgan fingerprint density at radius 3 is 2.64 bits per heavy atom. The predicted octanol–water partition coefficient (Wildman–Crippen LogP) is 4.02. The molecule has 28 heavy (non-hydrogen) atoms. The summed E-state index contributed by atoms with van der Waals surface area (Å²) in [4.78, 5) is 24.6. The molecule has 1 aliphatic rings. The normalized spacial score (nSPS) is 13.1. The molecule has 0 atom stereocenters. The number of nitrogens with two attached hydrogens (primary N) is 1. The van der Waals surface area contributed by atoms with Gasteiger partial charge in [0.05, 0.1) is 23.4 Å². The highest BCUT2D eigenvalue weighted by Gasteiger charge is 2.25. The summed E-state index contributed by atoms with van der Waals surface area (Å²) in [6, 6.07) is 10.4. The van der Waals surface area contributed by atoms with Gasteiger partial charge in [-0.1, -0.05) is 30.2 Å². The van der Waals surface area contributed by atoms with Crippen molar-refractivity contribution in [1.82, 2.24) is 5.32 Å². The number of carbonyl (C=O) groups is 2. The number of hydrogen-bond acceptors (Lipinski definition) is 4. The molecule has 0 saturated heterocycles. The molecule has 0 unspecified atom stereocenters. The summed E-state index contributed by atoms with van der Waals surface area (Å²) < 4.78 is 5.21. The van der Waals surface area contributed by atoms with Crippen LogP contribution in [-0.2, 0) is 11.3 Å². The minimum atomic E-state index is -0.322. The number of benzene rings is 2. The Morgan fingerprint density at radius 2 is 2.00 bits per heavy atom. The lowest BCUT2D eigenvalue weighted by Crippen LogP contribution is -2.28. The van der Waals surface area contributed by atoms with Crippen molar-refractivity contribution >= 4 is 47.2 Å². The number of amides is 2. The molecule has 6 nitrogen and oxygen atoms in total. The van der Waals surface area contributed by atoms with E-state index in [2.05, 4.69) is 10.6 Å². The lowest BCUT2D eigenvalue weighted by molar-refractivity contribution is -0.122. The molecule has 0 radical (unpaired) electrons. The van der Waals surface area contributed by atoms with Crippen molar-refractivity contribution in [2.75, 3.05) is 18.2 Å². The number of nitrogen functional groups attached to an aromatic ring is 1. The van der Waals surface area contributed by atoms with E-state index in [1.54, 1.807) is 0 Å². The zero-order valence-corrected chi connectivity index (χ0v) is 17.0. The first kappa shape index (κ1) is 21.9. The molecule has 1 aliphatic carbocycles. The molecule has 0 aliphatic heterocycles. The highest BCUT2D eigenvalue weighted by Crippen LogP contribution is 2.29. The van der Waals surface area contributed by atoms with E-state index >= 15 is 0 Å². The Balaban J connectivity index is 0.00000280. The SMILES string of the molecule is COc1cc(N)c(Cl)cc1C(=O)NCc1cccc(NC(=O)C2CCC2)c1.Cl. The molecule has 2 aromatic carbocycles. The predicted molar refractivity (Wildman–Crippen MR) is 113 cm³/mol. The van der Waals surface area contributed by atoms with E-state index in [9.17, 15) is 9.59 Å². The van der Waals surface area contributed by atoms with Crippen molar-refractivity contribution in [2.45, 2.75) is 25.8 Å². The third-order valence-electron chi connectivity index (χ3n) is 4.69. The fraction of sp³-hybridized carbons (Fsp3) is 0.300. The molecule has 1 fully saturated rings. The summed E-state index contributed by atoms with van der Waals surface area (Å²) in [5.74, 6) is 0.216. The molecule has 1 saturated carbocycles. The molecule has 4 N–H and O–H groups in total. The van der Waals surface area contributed by atoms with Crippen LogP contribution in [0, 0.1) is 5.92 Å². The Bertz CT molecular complexity index is 870. The van der Waals surface area contributed by atoms with E-state index in [0.29, 0.717) is 28.6 Å². The van der Waals surface area contributed by atoms with E-state index < -0.39 is 0 Å². The number of carbonyl (C=O) groups excluding carboxylic acids is 2. The molecule has 2 aromatic rings. The van der Waals surface area contributed by atoms with Crippen molar-refractivity contribution in [1.29, 1.82) is 0 Å². The van der Waals surface area contributed by atoms with Gasteiger partial charge in [0.1, 0.15) is 5.75 Å². The second-order valence-electron chi connectivity index (χ2n) is 6.57. The Kier molecular flexibility index (Phi) is 7.54. The molecular formula is C20H23Cl2N3O3. The minimum absolute atomic E-state index is 0. The van der Waals surface area contributed by atoms with E-state index in [0.717, 1.165) is 30.5 Å². The number of methoxy groups -OCH3 is 1. The first-order valence-electron chi connectivity index (χ1n) is 8.79. The molecule has 0 heterocycles. The molecule has 8 heteroatoms. The second kappa shape index (κ2) is 9.66. The zero-order chi connectivity index (χ0) is 19.4. The van der Waals surface area contributed by atoms with Gasteiger partial charge in [-0.25, -0.2) is 0 Å². The van der Waals surface area contributed by atoms with Crippen LogP contribution in [0.4, 0.5) is 11.4 Å². The summed E-state index contributed by atoms with van der Waals surface area (Å²) in [7, 11) is 1.47. The van der Waals surface area contributed by atoms with Gasteiger partial charge in [0.15, 0.2) is 0 Å². The topological polar surface area (TPSA) is 93.4 Å². The second-order valence-corrected chi connectivity index (χ2v) is 6.98. The lowest BCUT2D eigenvalue weighted by atomic mass is 9.85. The number of hydrogen-bond donors (Lipinski definition) is 3. The van der Waals surface area contributed by atoms with Crippen LogP contribution in [0.25, 0.3) is 0 Å². The molecular weight excluding hydrogens is 401 g/mol. The summed E-state index contributed by atoms with van der Waals surface area (Å²) >= 11 is 6.01. The van der Waals surface area contributed by atoms with Crippen LogP contribution >= 0.6 is 24.0 Å². The Morgan fingerprint density at radius 1 is 1.25 bits per heavy atom. The Labute approximate surface area is 175 Å². The highest BCUT2D eigenvalue weighted by atomic mass is 35.5. The smallest absolute Gasteiger partial charge is 0.255 e. The fourth-order valence-electron chi connectivity index (χ4n) is 2.87. The fourth-order valence-corrected chi connectivity index (χ4v) is 3.03. The van der Waals surface area contributed by atoms with Gasteiger partial charge in [0.25, 0.3) is 5.91 Å². The maximum atomic E-state index is 12.5. The monoisotopic (exact) mass is 423 g/mol. The largest absolute Gasteiger partial charge is 0.496 e. The molecule has 2 amide bonds. The lowest BCUT2D eigenvalue weighted by Gasteiger charge is -2.24. The van der Waals surface area contributed by atoms with Crippen LogP contribution in [0.3, 0.4) is 0 Å². The number of rotatable bonds is 6. The van der Waals surface area contributed by atoms with Crippen LogP contribution in [0.15, 0.2) is 36.4 Å². The maximum absolute atomic E-state index is 12.5. The average Bonchev–Trinajstić information content (AvgIpc) is 2.60. The molecule has 0 spiro atoms. The third-order valence-corrected chi connectivity index (χ3v) is 5.01. The van der Waals surface area contributed by atoms with Gasteiger partial charge in [-0.15, -0.1) is 12.4 Å². The number of halogens is 2. The van der Waals surface area contributed by atoms with Gasteiger partial charge in [-0.2, -0.15) is 0 Å². The first-order chi connectivity index (χ1) is 13.0. The zero-order valence-electron chi connectivity index (χ0n) is 15.5. The quantitative estimate of drug-likeness (QED) is 0.611. The summed E-state index contributed by atoms with van der Waals surface area (Å²) in [6.45, 7) is 0.303. The standard InChI is InChI=1S/C20H22ClN3O3.ClH/c1-27-18-10-17(22)16(21)9-15(18)20(26)23-11-12-4-2-7-14(8-12)24-19(25)13-5-3-6-13;/h2,4,7-10,13H,3,5-6,11,22H2,1H3,(H,23,26)(H,24,25);1H. The third kappa shape index (κ3) is 5.09. The number of nitrogens with one attached hydrogen (secondary N) is 2. The molecule has 0 aromatic heterocycles. The number of ether oxygens (including phenoxy) is 1. The van der Waals surface area contributed by atoms with Gasteiger partial charge < -0.3 is 21.1 Å². The van der Waals surface area contributed by atoms with Crippen LogP contribution in [0.2, 0.25) is 5.02 Å². The van der Waals surface area contributed by atoms with E-state index in [1.807, 2.05) is 24.3 Å². The van der Waals surface area contributed by atoms with E-state index in [4.69, 9.17) is 22.1 Å².